The summed E-state index contributed by atoms with van der Waals surface area (Å²) < 4.78 is 0. The number of benzene rings is 1. The maximum Gasteiger partial charge on any atom is 0.191 e. The highest BCUT2D eigenvalue weighted by Crippen LogP contribution is 2.40. The Labute approximate surface area is 151 Å². The number of nitrogens with one attached hydrogen (secondary N) is 2. The predicted molar refractivity (Wildman–Crippen MR) is 104 cm³/mol. The first kappa shape index (κ1) is 17.6. The summed E-state index contributed by atoms with van der Waals surface area (Å²) in [5, 5.41) is 7.04. The van der Waals surface area contributed by atoms with Crippen molar-refractivity contribution in [3.8, 4) is 0 Å². The largest absolute Gasteiger partial charge is 0.356 e. The Morgan fingerprint density at radius 1 is 1.14 bits per heavy atom. The summed E-state index contributed by atoms with van der Waals surface area (Å²) in [6, 6.07) is 11.0. The number of nitrogens with zero attached hydrogens (tertiary/aromatic N) is 1. The first-order valence-corrected chi connectivity index (χ1v) is 8.32. The average molecular weight is 413 g/mol. The van der Waals surface area contributed by atoms with Crippen LogP contribution < -0.4 is 10.6 Å². The van der Waals surface area contributed by atoms with Crippen molar-refractivity contribution in [1.29, 1.82) is 0 Å². The van der Waals surface area contributed by atoms with Gasteiger partial charge in [0.2, 0.25) is 0 Å². The number of halogens is 1. The molecule has 2 saturated carbocycles. The number of hydrogen-bond donors (Lipinski definition) is 2. The highest BCUT2D eigenvalue weighted by atomic mass is 127. The Morgan fingerprint density at radius 3 is 2.41 bits per heavy atom. The van der Waals surface area contributed by atoms with Crippen molar-refractivity contribution in [2.45, 2.75) is 43.9 Å². The van der Waals surface area contributed by atoms with Gasteiger partial charge in [-0.3, -0.25) is 4.99 Å². The van der Waals surface area contributed by atoms with Crippen LogP contribution in [-0.2, 0) is 5.41 Å². The third kappa shape index (κ3) is 4.37. The molecule has 0 aromatic heterocycles. The van der Waals surface area contributed by atoms with E-state index in [1.807, 2.05) is 7.05 Å². The fraction of sp³-hybridized carbons (Fsp3) is 0.611. The molecule has 4 heteroatoms. The second-order valence-electron chi connectivity index (χ2n) is 6.60. The van der Waals surface area contributed by atoms with E-state index in [1.165, 1.54) is 44.1 Å². The van der Waals surface area contributed by atoms with E-state index in [1.54, 1.807) is 0 Å². The summed E-state index contributed by atoms with van der Waals surface area (Å²) >= 11 is 0. The third-order valence-corrected chi connectivity index (χ3v) is 5.02. The molecule has 1 aromatic rings. The maximum atomic E-state index is 4.37. The van der Waals surface area contributed by atoms with E-state index in [2.05, 4.69) is 46.0 Å². The zero-order valence-electron chi connectivity index (χ0n) is 13.5. The molecule has 0 atom stereocenters. The molecule has 2 aliphatic rings. The van der Waals surface area contributed by atoms with Crippen LogP contribution in [0, 0.1) is 5.92 Å². The van der Waals surface area contributed by atoms with Crippen molar-refractivity contribution in [3.05, 3.63) is 35.9 Å². The molecule has 0 aliphatic heterocycles. The normalized spacial score (nSPS) is 20.3. The van der Waals surface area contributed by atoms with Crippen LogP contribution in [0.4, 0.5) is 0 Å². The minimum absolute atomic E-state index is 0. The standard InChI is InChI=1S/C18H27N3.HI/c1-19-17(20-13-15-9-10-15)21-14-18(11-5-6-12-18)16-7-3-2-4-8-16;/h2-4,7-8,15H,5-6,9-14H2,1H3,(H2,19,20,21);1H. The summed E-state index contributed by atoms with van der Waals surface area (Å²) in [4.78, 5) is 4.37. The van der Waals surface area contributed by atoms with Crippen LogP contribution in [0.2, 0.25) is 0 Å². The van der Waals surface area contributed by atoms with Crippen molar-refractivity contribution in [1.82, 2.24) is 10.6 Å². The minimum Gasteiger partial charge on any atom is -0.356 e. The molecule has 0 heterocycles. The molecule has 22 heavy (non-hydrogen) atoms. The van der Waals surface area contributed by atoms with Crippen molar-refractivity contribution in [2.75, 3.05) is 20.1 Å². The lowest BCUT2D eigenvalue weighted by atomic mass is 9.79. The molecular formula is C18H28IN3. The van der Waals surface area contributed by atoms with E-state index in [0.29, 0.717) is 5.41 Å². The van der Waals surface area contributed by atoms with Gasteiger partial charge in [0.1, 0.15) is 0 Å². The quantitative estimate of drug-likeness (QED) is 0.439. The molecular weight excluding hydrogens is 385 g/mol. The Bertz CT molecular complexity index is 476. The van der Waals surface area contributed by atoms with E-state index < -0.39 is 0 Å². The van der Waals surface area contributed by atoms with Gasteiger partial charge in [0, 0.05) is 25.6 Å². The highest BCUT2D eigenvalue weighted by Gasteiger charge is 2.35. The molecule has 1 aromatic carbocycles. The number of rotatable bonds is 5. The highest BCUT2D eigenvalue weighted by molar-refractivity contribution is 14.0. The van der Waals surface area contributed by atoms with Crippen molar-refractivity contribution >= 4 is 29.9 Å². The van der Waals surface area contributed by atoms with Crippen LogP contribution in [0.1, 0.15) is 44.1 Å². The molecule has 2 aliphatic carbocycles. The van der Waals surface area contributed by atoms with Gasteiger partial charge in [-0.2, -0.15) is 0 Å². The van der Waals surface area contributed by atoms with Gasteiger partial charge in [0.15, 0.2) is 5.96 Å². The van der Waals surface area contributed by atoms with Crippen LogP contribution in [0.3, 0.4) is 0 Å². The van der Waals surface area contributed by atoms with E-state index in [0.717, 1.165) is 25.0 Å². The van der Waals surface area contributed by atoms with Crippen LogP contribution in [0.5, 0.6) is 0 Å². The molecule has 122 valence electrons. The van der Waals surface area contributed by atoms with Gasteiger partial charge in [-0.15, -0.1) is 24.0 Å². The van der Waals surface area contributed by atoms with E-state index in [-0.39, 0.29) is 24.0 Å². The van der Waals surface area contributed by atoms with Gasteiger partial charge < -0.3 is 10.6 Å². The van der Waals surface area contributed by atoms with Crippen LogP contribution in [-0.4, -0.2) is 26.1 Å². The van der Waals surface area contributed by atoms with Crippen LogP contribution in [0.25, 0.3) is 0 Å². The first-order chi connectivity index (χ1) is 10.3. The molecule has 2 fully saturated rings. The predicted octanol–water partition coefficient (Wildman–Crippen LogP) is 3.69. The molecule has 3 rings (SSSR count). The minimum atomic E-state index is 0. The summed E-state index contributed by atoms with van der Waals surface area (Å²) in [6.07, 6.45) is 7.98. The van der Waals surface area contributed by atoms with Crippen molar-refractivity contribution in [3.63, 3.8) is 0 Å². The Morgan fingerprint density at radius 2 is 1.82 bits per heavy atom. The van der Waals surface area contributed by atoms with Gasteiger partial charge >= 0.3 is 0 Å². The molecule has 0 amide bonds. The number of guanidine groups is 1. The first-order valence-electron chi connectivity index (χ1n) is 8.32. The Kier molecular flexibility index (Phi) is 6.53. The van der Waals surface area contributed by atoms with E-state index >= 15 is 0 Å². The summed E-state index contributed by atoms with van der Waals surface area (Å²) in [6.45, 7) is 2.05. The second-order valence-corrected chi connectivity index (χ2v) is 6.60. The molecule has 3 nitrogen and oxygen atoms in total. The smallest absolute Gasteiger partial charge is 0.191 e. The lowest BCUT2D eigenvalue weighted by Gasteiger charge is -2.30. The molecule has 0 radical (unpaired) electrons. The fourth-order valence-electron chi connectivity index (χ4n) is 3.45. The second kappa shape index (κ2) is 8.18. The van der Waals surface area contributed by atoms with Gasteiger partial charge in [-0.05, 0) is 37.2 Å². The van der Waals surface area contributed by atoms with Crippen LogP contribution >= 0.6 is 24.0 Å². The number of hydrogen-bond acceptors (Lipinski definition) is 1. The van der Waals surface area contributed by atoms with Crippen LogP contribution in [0.15, 0.2) is 35.3 Å². The zero-order valence-corrected chi connectivity index (χ0v) is 15.8. The lowest BCUT2D eigenvalue weighted by molar-refractivity contribution is 0.431. The van der Waals surface area contributed by atoms with Crippen molar-refractivity contribution < 1.29 is 0 Å². The fourth-order valence-corrected chi connectivity index (χ4v) is 3.45. The van der Waals surface area contributed by atoms with E-state index in [9.17, 15) is 0 Å². The zero-order chi connectivity index (χ0) is 14.5. The SMILES string of the molecule is CN=C(NCC1CC1)NCC1(c2ccccc2)CCCC1.I. The van der Waals surface area contributed by atoms with Gasteiger partial charge in [0.25, 0.3) is 0 Å². The van der Waals surface area contributed by atoms with E-state index in [4.69, 9.17) is 0 Å². The summed E-state index contributed by atoms with van der Waals surface area (Å²) in [5.74, 6) is 1.84. The Balaban J connectivity index is 0.00000176. The summed E-state index contributed by atoms with van der Waals surface area (Å²) in [7, 11) is 1.87. The average Bonchev–Trinajstić information content (AvgIpc) is 3.24. The monoisotopic (exact) mass is 413 g/mol. The molecule has 0 unspecified atom stereocenters. The van der Waals surface area contributed by atoms with Gasteiger partial charge in [-0.1, -0.05) is 43.2 Å². The molecule has 0 spiro atoms. The number of aliphatic imine (C=N–C) groups is 1. The third-order valence-electron chi connectivity index (χ3n) is 5.02. The Hall–Kier alpha value is -0.780. The lowest BCUT2D eigenvalue weighted by Crippen LogP contribution is -2.45. The molecule has 0 saturated heterocycles. The summed E-state index contributed by atoms with van der Waals surface area (Å²) in [5.41, 5.74) is 1.77. The topological polar surface area (TPSA) is 36.4 Å². The molecule has 0 bridgehead atoms. The molecule has 2 N–H and O–H groups in total. The van der Waals surface area contributed by atoms with Gasteiger partial charge in [0.05, 0.1) is 0 Å². The maximum absolute atomic E-state index is 4.37. The van der Waals surface area contributed by atoms with Gasteiger partial charge in [-0.25, -0.2) is 0 Å². The van der Waals surface area contributed by atoms with Crippen molar-refractivity contribution in [2.24, 2.45) is 10.9 Å².